The maximum absolute atomic E-state index is 12.3. The predicted octanol–water partition coefficient (Wildman–Crippen LogP) is 3.80. The summed E-state index contributed by atoms with van der Waals surface area (Å²) in [5, 5.41) is 4.88. The Hall–Kier alpha value is -2.68. The highest BCUT2D eigenvalue weighted by Gasteiger charge is 2.09. The van der Waals surface area contributed by atoms with Crippen molar-refractivity contribution in [2.75, 3.05) is 5.32 Å². The molecule has 3 rings (SSSR count). The second-order valence-corrected chi connectivity index (χ2v) is 4.70. The van der Waals surface area contributed by atoms with E-state index in [0.29, 0.717) is 11.4 Å². The molecule has 3 heteroatoms. The van der Waals surface area contributed by atoms with E-state index in [2.05, 4.69) is 10.3 Å². The molecule has 0 aliphatic heterocycles. The van der Waals surface area contributed by atoms with Crippen molar-refractivity contribution in [3.8, 4) is 0 Å². The normalized spacial score (nSPS) is 10.4. The number of hydrogen-bond donors (Lipinski definition) is 1. The topological polar surface area (TPSA) is 42.0 Å². The van der Waals surface area contributed by atoms with Crippen molar-refractivity contribution >= 4 is 22.5 Å². The third-order valence-electron chi connectivity index (χ3n) is 3.19. The molecule has 20 heavy (non-hydrogen) atoms. The summed E-state index contributed by atoms with van der Waals surface area (Å²) in [5.41, 5.74) is 1.70. The van der Waals surface area contributed by atoms with Crippen LogP contribution in [0.5, 0.6) is 0 Å². The number of fused-ring (bicyclic) bond motifs is 1. The maximum Gasteiger partial charge on any atom is 0.256 e. The minimum Gasteiger partial charge on any atom is -0.306 e. The van der Waals surface area contributed by atoms with E-state index in [1.54, 1.807) is 12.3 Å². The number of rotatable bonds is 2. The minimum atomic E-state index is -0.141. The molecule has 1 N–H and O–H groups in total. The van der Waals surface area contributed by atoms with Crippen LogP contribution in [0, 0.1) is 6.92 Å². The Morgan fingerprint density at radius 2 is 1.90 bits per heavy atom. The number of anilines is 1. The third kappa shape index (κ3) is 2.38. The van der Waals surface area contributed by atoms with E-state index in [9.17, 15) is 4.79 Å². The molecule has 0 radical (unpaired) electrons. The molecular weight excluding hydrogens is 248 g/mol. The van der Waals surface area contributed by atoms with Crippen LogP contribution in [0.1, 0.15) is 15.9 Å². The molecule has 0 aliphatic carbocycles. The van der Waals surface area contributed by atoms with Gasteiger partial charge in [0.15, 0.2) is 0 Å². The quantitative estimate of drug-likeness (QED) is 0.763. The Labute approximate surface area is 117 Å². The van der Waals surface area contributed by atoms with Crippen LogP contribution in [-0.2, 0) is 0 Å². The van der Waals surface area contributed by atoms with Gasteiger partial charge in [0.1, 0.15) is 5.82 Å². The van der Waals surface area contributed by atoms with E-state index in [1.165, 1.54) is 0 Å². The molecule has 0 fully saturated rings. The van der Waals surface area contributed by atoms with Crippen molar-refractivity contribution < 1.29 is 4.79 Å². The van der Waals surface area contributed by atoms with Crippen molar-refractivity contribution in [3.05, 3.63) is 71.9 Å². The summed E-state index contributed by atoms with van der Waals surface area (Å²) in [7, 11) is 0. The van der Waals surface area contributed by atoms with Gasteiger partial charge < -0.3 is 5.32 Å². The fraction of sp³-hybridized carbons (Fsp3) is 0.0588. The first-order chi connectivity index (χ1) is 9.74. The molecular formula is C17H14N2O. The zero-order valence-corrected chi connectivity index (χ0v) is 11.1. The summed E-state index contributed by atoms with van der Waals surface area (Å²) >= 11 is 0. The van der Waals surface area contributed by atoms with E-state index < -0.39 is 0 Å². The van der Waals surface area contributed by atoms with Crippen LogP contribution < -0.4 is 5.32 Å². The van der Waals surface area contributed by atoms with Gasteiger partial charge in [0, 0.05) is 17.1 Å². The van der Waals surface area contributed by atoms with E-state index in [1.807, 2.05) is 55.5 Å². The first kappa shape index (κ1) is 12.4. The maximum atomic E-state index is 12.3. The SMILES string of the molecule is Cc1cccc(C(=O)Nc2nccc3ccccc23)c1. The Morgan fingerprint density at radius 1 is 1.05 bits per heavy atom. The van der Waals surface area contributed by atoms with E-state index >= 15 is 0 Å². The molecule has 0 saturated carbocycles. The fourth-order valence-corrected chi connectivity index (χ4v) is 2.19. The van der Waals surface area contributed by atoms with Crippen LogP contribution in [0.3, 0.4) is 0 Å². The highest BCUT2D eigenvalue weighted by Crippen LogP contribution is 2.21. The zero-order valence-electron chi connectivity index (χ0n) is 11.1. The van der Waals surface area contributed by atoms with E-state index in [4.69, 9.17) is 0 Å². The molecule has 3 nitrogen and oxygen atoms in total. The molecule has 0 atom stereocenters. The lowest BCUT2D eigenvalue weighted by Gasteiger charge is -2.08. The molecule has 1 heterocycles. The van der Waals surface area contributed by atoms with Crippen LogP contribution in [0.4, 0.5) is 5.82 Å². The third-order valence-corrected chi connectivity index (χ3v) is 3.19. The Balaban J connectivity index is 1.95. The van der Waals surface area contributed by atoms with Gasteiger partial charge in [-0.15, -0.1) is 0 Å². The highest BCUT2D eigenvalue weighted by atomic mass is 16.1. The lowest BCUT2D eigenvalue weighted by atomic mass is 10.1. The van der Waals surface area contributed by atoms with Crippen molar-refractivity contribution in [2.24, 2.45) is 0 Å². The molecule has 2 aromatic carbocycles. The molecule has 0 saturated heterocycles. The number of aryl methyl sites for hydroxylation is 1. The first-order valence-electron chi connectivity index (χ1n) is 6.46. The predicted molar refractivity (Wildman–Crippen MR) is 80.9 cm³/mol. The average Bonchev–Trinajstić information content (AvgIpc) is 2.47. The number of benzene rings is 2. The second-order valence-electron chi connectivity index (χ2n) is 4.70. The van der Waals surface area contributed by atoms with Crippen LogP contribution in [-0.4, -0.2) is 10.9 Å². The zero-order chi connectivity index (χ0) is 13.9. The van der Waals surface area contributed by atoms with Crippen LogP contribution in [0.2, 0.25) is 0 Å². The standard InChI is InChI=1S/C17H14N2O/c1-12-5-4-7-14(11-12)17(20)19-16-15-8-3-2-6-13(15)9-10-18-16/h2-11H,1H3,(H,18,19,20). The summed E-state index contributed by atoms with van der Waals surface area (Å²) in [4.78, 5) is 16.5. The largest absolute Gasteiger partial charge is 0.306 e. The number of nitrogens with one attached hydrogen (secondary N) is 1. The minimum absolute atomic E-state index is 0.141. The summed E-state index contributed by atoms with van der Waals surface area (Å²) < 4.78 is 0. The van der Waals surface area contributed by atoms with Gasteiger partial charge in [-0.05, 0) is 30.5 Å². The fourth-order valence-electron chi connectivity index (χ4n) is 2.19. The number of carbonyl (C=O) groups is 1. The van der Waals surface area contributed by atoms with Crippen molar-refractivity contribution in [3.63, 3.8) is 0 Å². The van der Waals surface area contributed by atoms with Gasteiger partial charge in [-0.25, -0.2) is 4.98 Å². The van der Waals surface area contributed by atoms with Crippen LogP contribution in [0.15, 0.2) is 60.8 Å². The lowest BCUT2D eigenvalue weighted by molar-refractivity contribution is 0.102. The second kappa shape index (κ2) is 5.13. The van der Waals surface area contributed by atoms with Crippen molar-refractivity contribution in [1.82, 2.24) is 4.98 Å². The van der Waals surface area contributed by atoms with Gasteiger partial charge in [0.25, 0.3) is 5.91 Å². The van der Waals surface area contributed by atoms with Gasteiger partial charge in [0.05, 0.1) is 0 Å². The highest BCUT2D eigenvalue weighted by molar-refractivity contribution is 6.08. The monoisotopic (exact) mass is 262 g/mol. The van der Waals surface area contributed by atoms with E-state index in [-0.39, 0.29) is 5.91 Å². The molecule has 0 unspecified atom stereocenters. The number of amides is 1. The number of carbonyl (C=O) groups excluding carboxylic acids is 1. The average molecular weight is 262 g/mol. The molecule has 1 aromatic heterocycles. The molecule has 98 valence electrons. The Morgan fingerprint density at radius 3 is 2.75 bits per heavy atom. The number of hydrogen-bond acceptors (Lipinski definition) is 2. The van der Waals surface area contributed by atoms with E-state index in [0.717, 1.165) is 16.3 Å². The smallest absolute Gasteiger partial charge is 0.256 e. The molecule has 3 aromatic rings. The summed E-state index contributed by atoms with van der Waals surface area (Å²) in [6, 6.07) is 17.3. The van der Waals surface area contributed by atoms with Crippen molar-refractivity contribution in [1.29, 1.82) is 0 Å². The molecule has 0 bridgehead atoms. The molecule has 0 spiro atoms. The van der Waals surface area contributed by atoms with Gasteiger partial charge in [-0.1, -0.05) is 42.0 Å². The van der Waals surface area contributed by atoms with Crippen LogP contribution in [0.25, 0.3) is 10.8 Å². The first-order valence-corrected chi connectivity index (χ1v) is 6.46. The number of aromatic nitrogens is 1. The number of nitrogens with zero attached hydrogens (tertiary/aromatic N) is 1. The summed E-state index contributed by atoms with van der Waals surface area (Å²) in [6.07, 6.45) is 1.70. The Bertz CT molecular complexity index is 775. The Kier molecular flexibility index (Phi) is 3.17. The van der Waals surface area contributed by atoms with Crippen molar-refractivity contribution in [2.45, 2.75) is 6.92 Å². The molecule has 1 amide bonds. The van der Waals surface area contributed by atoms with Crippen LogP contribution >= 0.6 is 0 Å². The summed E-state index contributed by atoms with van der Waals surface area (Å²) in [5.74, 6) is 0.451. The van der Waals surface area contributed by atoms with Gasteiger partial charge in [-0.2, -0.15) is 0 Å². The lowest BCUT2D eigenvalue weighted by Crippen LogP contribution is -2.13. The van der Waals surface area contributed by atoms with Gasteiger partial charge >= 0.3 is 0 Å². The van der Waals surface area contributed by atoms with Gasteiger partial charge in [-0.3, -0.25) is 4.79 Å². The number of pyridine rings is 1. The molecule has 0 aliphatic rings. The van der Waals surface area contributed by atoms with Gasteiger partial charge in [0.2, 0.25) is 0 Å². The summed E-state index contributed by atoms with van der Waals surface area (Å²) in [6.45, 7) is 1.97.